The van der Waals surface area contributed by atoms with Gasteiger partial charge in [0.2, 0.25) is 11.8 Å². The minimum absolute atomic E-state index is 0.0318. The zero-order chi connectivity index (χ0) is 23.0. The highest BCUT2D eigenvalue weighted by atomic mass is 35.5. The predicted molar refractivity (Wildman–Crippen MR) is 132 cm³/mol. The number of piperidine rings is 1. The average Bonchev–Trinajstić information content (AvgIpc) is 2.85. The molecule has 170 valence electrons. The molecule has 33 heavy (non-hydrogen) atoms. The molecule has 3 aromatic rings. The third-order valence-corrected chi connectivity index (χ3v) is 6.26. The lowest BCUT2D eigenvalue weighted by Gasteiger charge is -2.31. The highest BCUT2D eigenvalue weighted by Crippen LogP contribution is 2.24. The van der Waals surface area contributed by atoms with Crippen LogP contribution in [-0.4, -0.2) is 36.3 Å². The smallest absolute Gasteiger partial charge is 0.234 e. The van der Waals surface area contributed by atoms with Gasteiger partial charge in [0, 0.05) is 16.6 Å². The van der Waals surface area contributed by atoms with Crippen LogP contribution in [0.2, 0.25) is 5.02 Å². The van der Waals surface area contributed by atoms with Crippen molar-refractivity contribution >= 4 is 29.1 Å². The van der Waals surface area contributed by atoms with E-state index in [-0.39, 0.29) is 23.8 Å². The Hall–Kier alpha value is -3.15. The van der Waals surface area contributed by atoms with Gasteiger partial charge in [-0.2, -0.15) is 0 Å². The van der Waals surface area contributed by atoms with E-state index < -0.39 is 0 Å². The fourth-order valence-corrected chi connectivity index (χ4v) is 4.31. The summed E-state index contributed by atoms with van der Waals surface area (Å²) < 4.78 is 0. The molecule has 0 radical (unpaired) electrons. The van der Waals surface area contributed by atoms with Crippen LogP contribution in [0.4, 0.5) is 5.69 Å². The topological polar surface area (TPSA) is 61.4 Å². The molecule has 1 unspecified atom stereocenters. The van der Waals surface area contributed by atoms with Crippen molar-refractivity contribution in [3.63, 3.8) is 0 Å². The highest BCUT2D eigenvalue weighted by molar-refractivity contribution is 6.30. The molecule has 0 saturated carbocycles. The first kappa shape index (κ1) is 23.0. The molecule has 1 saturated heterocycles. The van der Waals surface area contributed by atoms with E-state index in [9.17, 15) is 9.59 Å². The van der Waals surface area contributed by atoms with E-state index in [0.717, 1.165) is 42.7 Å². The number of carbonyl (C=O) groups excluding carboxylic acids is 2. The summed E-state index contributed by atoms with van der Waals surface area (Å²) in [5.41, 5.74) is 2.82. The maximum absolute atomic E-state index is 12.9. The van der Waals surface area contributed by atoms with Crippen molar-refractivity contribution in [2.45, 2.75) is 18.9 Å². The van der Waals surface area contributed by atoms with E-state index in [1.165, 1.54) is 0 Å². The SMILES string of the molecule is O=C(CN1CCC(C(=O)Nc2ccccc2)CC1)NC(c1ccccc1)c1ccc(Cl)cc1. The number of hydrogen-bond acceptors (Lipinski definition) is 3. The van der Waals surface area contributed by atoms with E-state index >= 15 is 0 Å². The molecule has 2 N–H and O–H groups in total. The Bertz CT molecular complexity index is 1050. The van der Waals surface area contributed by atoms with Crippen LogP contribution in [0.15, 0.2) is 84.9 Å². The molecule has 1 aliphatic rings. The third-order valence-electron chi connectivity index (χ3n) is 6.01. The van der Waals surface area contributed by atoms with Gasteiger partial charge in [0.05, 0.1) is 12.6 Å². The second kappa shape index (κ2) is 11.1. The Morgan fingerprint density at radius 3 is 2.06 bits per heavy atom. The second-order valence-corrected chi connectivity index (χ2v) is 8.80. The molecule has 3 aromatic carbocycles. The summed E-state index contributed by atoms with van der Waals surface area (Å²) in [5, 5.41) is 6.83. The molecule has 1 aliphatic heterocycles. The molecular weight excluding hydrogens is 434 g/mol. The number of halogens is 1. The number of hydrogen-bond donors (Lipinski definition) is 2. The largest absolute Gasteiger partial charge is 0.344 e. The molecule has 0 spiro atoms. The van der Waals surface area contributed by atoms with Gasteiger partial charge in [0.1, 0.15) is 0 Å². The van der Waals surface area contributed by atoms with Gasteiger partial charge in [-0.1, -0.05) is 72.3 Å². The molecule has 4 rings (SSSR count). The van der Waals surface area contributed by atoms with Gasteiger partial charge in [-0.3, -0.25) is 14.5 Å². The van der Waals surface area contributed by atoms with Crippen LogP contribution in [0.25, 0.3) is 0 Å². The number of carbonyl (C=O) groups is 2. The van der Waals surface area contributed by atoms with Gasteiger partial charge in [0.25, 0.3) is 0 Å². The van der Waals surface area contributed by atoms with Gasteiger partial charge in [-0.25, -0.2) is 0 Å². The summed E-state index contributed by atoms with van der Waals surface area (Å²) in [6.07, 6.45) is 1.48. The standard InChI is InChI=1S/C27H28ClN3O2/c28-23-13-11-21(12-14-23)26(20-7-3-1-4-8-20)30-25(32)19-31-17-15-22(16-18-31)27(33)29-24-9-5-2-6-10-24/h1-14,22,26H,15-19H2,(H,29,33)(H,30,32). The summed E-state index contributed by atoms with van der Waals surface area (Å²) in [4.78, 5) is 27.6. The summed E-state index contributed by atoms with van der Waals surface area (Å²) in [6, 6.07) is 26.7. The summed E-state index contributed by atoms with van der Waals surface area (Å²) in [6.45, 7) is 1.75. The molecule has 2 amide bonds. The van der Waals surface area contributed by atoms with E-state index in [2.05, 4.69) is 15.5 Å². The second-order valence-electron chi connectivity index (χ2n) is 8.37. The summed E-state index contributed by atoms with van der Waals surface area (Å²) in [7, 11) is 0. The Morgan fingerprint density at radius 1 is 0.848 bits per heavy atom. The maximum atomic E-state index is 12.9. The van der Waals surface area contributed by atoms with Crippen molar-refractivity contribution in [1.29, 1.82) is 0 Å². The molecule has 6 heteroatoms. The van der Waals surface area contributed by atoms with Crippen molar-refractivity contribution in [2.24, 2.45) is 5.92 Å². The molecule has 1 atom stereocenters. The summed E-state index contributed by atoms with van der Waals surface area (Å²) in [5.74, 6) is -0.0150. The molecule has 1 fully saturated rings. The Balaban J connectivity index is 1.32. The van der Waals surface area contributed by atoms with Crippen LogP contribution in [0.3, 0.4) is 0 Å². The van der Waals surface area contributed by atoms with Gasteiger partial charge < -0.3 is 10.6 Å². The van der Waals surface area contributed by atoms with Crippen molar-refractivity contribution < 1.29 is 9.59 Å². The normalized spacial score (nSPS) is 15.5. The van der Waals surface area contributed by atoms with E-state index in [1.54, 1.807) is 0 Å². The van der Waals surface area contributed by atoms with Gasteiger partial charge in [0.15, 0.2) is 0 Å². The number of anilines is 1. The first-order chi connectivity index (χ1) is 16.1. The zero-order valence-corrected chi connectivity index (χ0v) is 19.2. The number of nitrogens with one attached hydrogen (secondary N) is 2. The van der Waals surface area contributed by atoms with Crippen molar-refractivity contribution in [2.75, 3.05) is 25.0 Å². The van der Waals surface area contributed by atoms with E-state index in [1.807, 2.05) is 84.9 Å². The number of likely N-dealkylation sites (tertiary alicyclic amines) is 1. The first-order valence-electron chi connectivity index (χ1n) is 11.3. The van der Waals surface area contributed by atoms with Crippen molar-refractivity contribution in [3.05, 3.63) is 101 Å². The lowest BCUT2D eigenvalue weighted by atomic mass is 9.95. The third kappa shape index (κ3) is 6.44. The fraction of sp³-hybridized carbons (Fsp3) is 0.259. The number of benzene rings is 3. The number of rotatable bonds is 7. The first-order valence-corrected chi connectivity index (χ1v) is 11.6. The fourth-order valence-electron chi connectivity index (χ4n) is 4.19. The van der Waals surface area contributed by atoms with E-state index in [4.69, 9.17) is 11.6 Å². The highest BCUT2D eigenvalue weighted by Gasteiger charge is 2.26. The van der Waals surface area contributed by atoms with Crippen LogP contribution in [0, 0.1) is 5.92 Å². The molecule has 1 heterocycles. The van der Waals surface area contributed by atoms with Gasteiger partial charge in [-0.15, -0.1) is 0 Å². The van der Waals surface area contributed by atoms with Crippen LogP contribution in [0.5, 0.6) is 0 Å². The van der Waals surface area contributed by atoms with Gasteiger partial charge >= 0.3 is 0 Å². The van der Waals surface area contributed by atoms with Crippen LogP contribution >= 0.6 is 11.6 Å². The van der Waals surface area contributed by atoms with Crippen LogP contribution in [-0.2, 0) is 9.59 Å². The lowest BCUT2D eigenvalue weighted by Crippen LogP contribution is -2.44. The van der Waals surface area contributed by atoms with Gasteiger partial charge in [-0.05, 0) is 61.3 Å². The monoisotopic (exact) mass is 461 g/mol. The van der Waals surface area contributed by atoms with Crippen LogP contribution < -0.4 is 10.6 Å². The zero-order valence-electron chi connectivity index (χ0n) is 18.4. The van der Waals surface area contributed by atoms with Crippen molar-refractivity contribution in [1.82, 2.24) is 10.2 Å². The molecule has 0 aliphatic carbocycles. The Morgan fingerprint density at radius 2 is 1.42 bits per heavy atom. The number of amides is 2. The minimum Gasteiger partial charge on any atom is -0.344 e. The predicted octanol–water partition coefficient (Wildman–Crippen LogP) is 4.90. The maximum Gasteiger partial charge on any atom is 0.234 e. The van der Waals surface area contributed by atoms with E-state index in [0.29, 0.717) is 11.6 Å². The molecule has 5 nitrogen and oxygen atoms in total. The minimum atomic E-state index is -0.245. The van der Waals surface area contributed by atoms with Crippen LogP contribution in [0.1, 0.15) is 30.0 Å². The number of para-hydroxylation sites is 1. The Labute approximate surface area is 199 Å². The Kier molecular flexibility index (Phi) is 7.76. The molecular formula is C27H28ClN3O2. The average molecular weight is 462 g/mol. The number of nitrogens with zero attached hydrogens (tertiary/aromatic N) is 1. The molecule has 0 bridgehead atoms. The quantitative estimate of drug-likeness (QED) is 0.526. The summed E-state index contributed by atoms with van der Waals surface area (Å²) >= 11 is 6.05. The van der Waals surface area contributed by atoms with Crippen molar-refractivity contribution in [3.8, 4) is 0 Å². The molecule has 0 aromatic heterocycles. The lowest BCUT2D eigenvalue weighted by molar-refractivity contribution is -0.123.